The van der Waals surface area contributed by atoms with Gasteiger partial charge in [0.15, 0.2) is 0 Å². The zero-order chi connectivity index (χ0) is 15.4. The molecule has 112 valence electrons. The maximum atomic E-state index is 5.99. The standard InChI is InChI=1S/C13H15Cl2N5S/c1-20(2)13-18-11(17-12(16)19-13)7-21-6-8-3-4-9(14)10(15)5-8/h3-5H,6-7H2,1-2H3,(H2,16,17,18,19). The number of nitrogens with two attached hydrogens (primary N) is 1. The molecule has 0 bridgehead atoms. The van der Waals surface area contributed by atoms with Gasteiger partial charge in [-0.2, -0.15) is 15.0 Å². The van der Waals surface area contributed by atoms with Crippen LogP contribution in [0.3, 0.4) is 0 Å². The predicted molar refractivity (Wildman–Crippen MR) is 90.0 cm³/mol. The Morgan fingerprint density at radius 1 is 1.10 bits per heavy atom. The largest absolute Gasteiger partial charge is 0.368 e. The number of nitrogens with zero attached hydrogens (tertiary/aromatic N) is 4. The van der Waals surface area contributed by atoms with Gasteiger partial charge in [0.05, 0.1) is 15.8 Å². The quantitative estimate of drug-likeness (QED) is 0.898. The van der Waals surface area contributed by atoms with Crippen molar-refractivity contribution in [2.75, 3.05) is 24.7 Å². The van der Waals surface area contributed by atoms with Crippen LogP contribution in [0.5, 0.6) is 0 Å². The Labute approximate surface area is 137 Å². The summed E-state index contributed by atoms with van der Waals surface area (Å²) in [4.78, 5) is 14.3. The zero-order valence-electron chi connectivity index (χ0n) is 11.7. The molecule has 0 saturated carbocycles. The van der Waals surface area contributed by atoms with Gasteiger partial charge in [0.1, 0.15) is 5.82 Å². The highest BCUT2D eigenvalue weighted by atomic mass is 35.5. The minimum Gasteiger partial charge on any atom is -0.368 e. The molecule has 2 aromatic rings. The van der Waals surface area contributed by atoms with Gasteiger partial charge in [-0.15, -0.1) is 11.8 Å². The van der Waals surface area contributed by atoms with Gasteiger partial charge in [0.25, 0.3) is 0 Å². The lowest BCUT2D eigenvalue weighted by molar-refractivity contribution is 0.919. The first-order valence-corrected chi connectivity index (χ1v) is 8.06. The van der Waals surface area contributed by atoms with Crippen molar-refractivity contribution in [3.05, 3.63) is 39.6 Å². The van der Waals surface area contributed by atoms with Gasteiger partial charge >= 0.3 is 0 Å². The van der Waals surface area contributed by atoms with Crippen LogP contribution in [-0.4, -0.2) is 29.0 Å². The first kappa shape index (κ1) is 16.1. The van der Waals surface area contributed by atoms with Crippen molar-refractivity contribution in [3.8, 4) is 0 Å². The molecule has 0 saturated heterocycles. The third kappa shape index (κ3) is 4.62. The van der Waals surface area contributed by atoms with Gasteiger partial charge in [-0.1, -0.05) is 29.3 Å². The molecular weight excluding hydrogens is 329 g/mol. The van der Waals surface area contributed by atoms with Gasteiger partial charge in [-0.05, 0) is 17.7 Å². The Morgan fingerprint density at radius 2 is 1.86 bits per heavy atom. The molecule has 0 atom stereocenters. The molecule has 21 heavy (non-hydrogen) atoms. The van der Waals surface area contributed by atoms with Crippen LogP contribution in [0.15, 0.2) is 18.2 Å². The van der Waals surface area contributed by atoms with Crippen molar-refractivity contribution < 1.29 is 0 Å². The smallest absolute Gasteiger partial charge is 0.229 e. The molecule has 1 aromatic carbocycles. The first-order chi connectivity index (χ1) is 9.95. The minimum absolute atomic E-state index is 0.235. The molecule has 5 nitrogen and oxygen atoms in total. The summed E-state index contributed by atoms with van der Waals surface area (Å²) in [5, 5.41) is 1.13. The molecular formula is C13H15Cl2N5S. The van der Waals surface area contributed by atoms with Gasteiger partial charge in [0.2, 0.25) is 11.9 Å². The Bertz CT molecular complexity index is 636. The fourth-order valence-electron chi connectivity index (χ4n) is 1.58. The van der Waals surface area contributed by atoms with Crippen LogP contribution in [0, 0.1) is 0 Å². The van der Waals surface area contributed by atoms with Crippen LogP contribution >= 0.6 is 35.0 Å². The number of thioether (sulfide) groups is 1. The third-order valence-corrected chi connectivity index (χ3v) is 4.31. The molecule has 0 spiro atoms. The summed E-state index contributed by atoms with van der Waals surface area (Å²) in [6.45, 7) is 0. The predicted octanol–water partition coefficient (Wildman–Crippen LogP) is 3.26. The van der Waals surface area contributed by atoms with Gasteiger partial charge in [-0.25, -0.2) is 0 Å². The van der Waals surface area contributed by atoms with Gasteiger partial charge in [0, 0.05) is 19.8 Å². The second-order valence-electron chi connectivity index (χ2n) is 4.55. The van der Waals surface area contributed by atoms with Gasteiger partial charge in [-0.3, -0.25) is 0 Å². The highest BCUT2D eigenvalue weighted by Crippen LogP contribution is 2.25. The van der Waals surface area contributed by atoms with E-state index in [4.69, 9.17) is 28.9 Å². The van der Waals surface area contributed by atoms with E-state index in [-0.39, 0.29) is 5.95 Å². The normalized spacial score (nSPS) is 10.7. The van der Waals surface area contributed by atoms with Crippen LogP contribution in [0.1, 0.15) is 11.4 Å². The lowest BCUT2D eigenvalue weighted by atomic mass is 10.2. The van der Waals surface area contributed by atoms with Crippen molar-refractivity contribution in [1.82, 2.24) is 15.0 Å². The Hall–Kier alpha value is -1.24. The highest BCUT2D eigenvalue weighted by molar-refractivity contribution is 7.97. The molecule has 0 aliphatic rings. The molecule has 0 aliphatic heterocycles. The number of benzene rings is 1. The summed E-state index contributed by atoms with van der Waals surface area (Å²) in [6, 6.07) is 5.61. The van der Waals surface area contributed by atoms with E-state index in [1.54, 1.807) is 22.7 Å². The fraction of sp³-hybridized carbons (Fsp3) is 0.308. The maximum Gasteiger partial charge on any atom is 0.229 e. The van der Waals surface area contributed by atoms with E-state index in [1.165, 1.54) is 0 Å². The Balaban J connectivity index is 1.98. The second kappa shape index (κ2) is 7.15. The molecule has 1 aromatic heterocycles. The van der Waals surface area contributed by atoms with E-state index in [0.29, 0.717) is 27.6 Å². The summed E-state index contributed by atoms with van der Waals surface area (Å²) in [6.07, 6.45) is 0. The van der Waals surface area contributed by atoms with E-state index in [2.05, 4.69) is 15.0 Å². The lowest BCUT2D eigenvalue weighted by Crippen LogP contribution is -2.15. The Morgan fingerprint density at radius 3 is 2.52 bits per heavy atom. The number of nitrogen functional groups attached to an aromatic ring is 1. The fourth-order valence-corrected chi connectivity index (χ4v) is 2.73. The van der Waals surface area contributed by atoms with Gasteiger partial charge < -0.3 is 10.6 Å². The van der Waals surface area contributed by atoms with Crippen LogP contribution < -0.4 is 10.6 Å². The van der Waals surface area contributed by atoms with E-state index in [0.717, 1.165) is 11.3 Å². The number of rotatable bonds is 5. The topological polar surface area (TPSA) is 67.9 Å². The molecule has 0 unspecified atom stereocenters. The Kier molecular flexibility index (Phi) is 5.50. The highest BCUT2D eigenvalue weighted by Gasteiger charge is 2.07. The first-order valence-electron chi connectivity index (χ1n) is 6.15. The summed E-state index contributed by atoms with van der Waals surface area (Å²) < 4.78 is 0. The molecule has 0 fully saturated rings. The lowest BCUT2D eigenvalue weighted by Gasteiger charge is -2.11. The third-order valence-electron chi connectivity index (χ3n) is 2.57. The zero-order valence-corrected chi connectivity index (χ0v) is 14.0. The summed E-state index contributed by atoms with van der Waals surface area (Å²) >= 11 is 13.6. The van der Waals surface area contributed by atoms with Crippen molar-refractivity contribution in [2.45, 2.75) is 11.5 Å². The van der Waals surface area contributed by atoms with Crippen molar-refractivity contribution in [2.24, 2.45) is 0 Å². The molecule has 0 radical (unpaired) electrons. The second-order valence-corrected chi connectivity index (χ2v) is 6.35. The molecule has 2 rings (SSSR count). The number of halogens is 2. The monoisotopic (exact) mass is 343 g/mol. The summed E-state index contributed by atoms with van der Waals surface area (Å²) in [7, 11) is 3.73. The average molecular weight is 344 g/mol. The van der Waals surface area contributed by atoms with E-state index in [1.807, 2.05) is 26.2 Å². The molecule has 0 amide bonds. The van der Waals surface area contributed by atoms with Crippen molar-refractivity contribution >= 4 is 46.9 Å². The molecule has 0 aliphatic carbocycles. The number of anilines is 2. The average Bonchev–Trinajstić information content (AvgIpc) is 2.42. The summed E-state index contributed by atoms with van der Waals surface area (Å²) in [5.41, 5.74) is 6.79. The van der Waals surface area contributed by atoms with E-state index >= 15 is 0 Å². The van der Waals surface area contributed by atoms with Crippen LogP contribution in [0.4, 0.5) is 11.9 Å². The van der Waals surface area contributed by atoms with Crippen LogP contribution in [0.25, 0.3) is 0 Å². The van der Waals surface area contributed by atoms with Crippen LogP contribution in [0.2, 0.25) is 10.0 Å². The number of aromatic nitrogens is 3. The maximum absolute atomic E-state index is 5.99. The molecule has 1 heterocycles. The van der Waals surface area contributed by atoms with Crippen LogP contribution in [-0.2, 0) is 11.5 Å². The van der Waals surface area contributed by atoms with E-state index in [9.17, 15) is 0 Å². The molecule has 8 heteroatoms. The number of hydrogen-bond donors (Lipinski definition) is 1. The van der Waals surface area contributed by atoms with Crippen molar-refractivity contribution in [3.63, 3.8) is 0 Å². The number of hydrogen-bond acceptors (Lipinski definition) is 6. The molecule has 2 N–H and O–H groups in total. The minimum atomic E-state index is 0.235. The SMILES string of the molecule is CN(C)c1nc(N)nc(CSCc2ccc(Cl)c(Cl)c2)n1. The van der Waals surface area contributed by atoms with Crippen molar-refractivity contribution in [1.29, 1.82) is 0 Å². The van der Waals surface area contributed by atoms with E-state index < -0.39 is 0 Å². The summed E-state index contributed by atoms with van der Waals surface area (Å²) in [5.74, 6) is 2.90.